The Balaban J connectivity index is 2.37. The standard InChI is InChI=1S/C16H21FN2O2/c1-10(2)9-13-16(21)19(8-7-14(20)18-13)15-11(3)5-4-6-12(15)17/h4-6,10,13H,7-9H2,1-3H3,(H,18,20). The molecule has 4 nitrogen and oxygen atoms in total. The van der Waals surface area contributed by atoms with E-state index in [4.69, 9.17) is 0 Å². The fourth-order valence-electron chi connectivity index (χ4n) is 2.66. The van der Waals surface area contributed by atoms with Gasteiger partial charge in [-0.25, -0.2) is 4.39 Å². The molecule has 1 saturated heterocycles. The van der Waals surface area contributed by atoms with Crippen molar-refractivity contribution < 1.29 is 14.0 Å². The number of carbonyl (C=O) groups excluding carboxylic acids is 2. The van der Waals surface area contributed by atoms with Gasteiger partial charge < -0.3 is 10.2 Å². The van der Waals surface area contributed by atoms with Gasteiger partial charge in [-0.1, -0.05) is 26.0 Å². The maximum absolute atomic E-state index is 14.1. The van der Waals surface area contributed by atoms with Gasteiger partial charge in [-0.2, -0.15) is 0 Å². The van der Waals surface area contributed by atoms with E-state index in [1.165, 1.54) is 11.0 Å². The first-order chi connectivity index (χ1) is 9.90. The minimum absolute atomic E-state index is 0.162. The molecule has 1 atom stereocenters. The molecule has 0 bridgehead atoms. The third-order valence-corrected chi connectivity index (χ3v) is 3.63. The van der Waals surface area contributed by atoms with Crippen LogP contribution in [0.3, 0.4) is 0 Å². The van der Waals surface area contributed by atoms with Gasteiger partial charge in [-0.3, -0.25) is 9.59 Å². The molecule has 0 aliphatic carbocycles. The Morgan fingerprint density at radius 2 is 2.10 bits per heavy atom. The summed E-state index contributed by atoms with van der Waals surface area (Å²) in [4.78, 5) is 25.9. The van der Waals surface area contributed by atoms with E-state index >= 15 is 0 Å². The molecule has 21 heavy (non-hydrogen) atoms. The zero-order valence-electron chi connectivity index (χ0n) is 12.6. The Hall–Kier alpha value is -1.91. The molecular weight excluding hydrogens is 271 g/mol. The molecular formula is C16H21FN2O2. The second kappa shape index (κ2) is 6.24. The van der Waals surface area contributed by atoms with E-state index in [1.807, 2.05) is 13.8 Å². The summed E-state index contributed by atoms with van der Waals surface area (Å²) in [7, 11) is 0. The summed E-state index contributed by atoms with van der Waals surface area (Å²) in [6.07, 6.45) is 0.739. The summed E-state index contributed by atoms with van der Waals surface area (Å²) in [5, 5.41) is 2.75. The van der Waals surface area contributed by atoms with Crippen LogP contribution in [-0.2, 0) is 9.59 Å². The van der Waals surface area contributed by atoms with Crippen LogP contribution >= 0.6 is 0 Å². The molecule has 1 N–H and O–H groups in total. The smallest absolute Gasteiger partial charge is 0.249 e. The molecule has 1 unspecified atom stereocenters. The van der Waals surface area contributed by atoms with Crippen LogP contribution in [0, 0.1) is 18.7 Å². The minimum atomic E-state index is -0.584. The highest BCUT2D eigenvalue weighted by atomic mass is 19.1. The minimum Gasteiger partial charge on any atom is -0.344 e. The number of amides is 2. The van der Waals surface area contributed by atoms with Gasteiger partial charge in [0.2, 0.25) is 11.8 Å². The van der Waals surface area contributed by atoms with Crippen LogP contribution in [0.2, 0.25) is 0 Å². The number of para-hydroxylation sites is 1. The molecule has 0 aromatic heterocycles. The molecule has 1 aliphatic heterocycles. The van der Waals surface area contributed by atoms with Crippen molar-refractivity contribution in [2.45, 2.75) is 39.7 Å². The quantitative estimate of drug-likeness (QED) is 0.930. The van der Waals surface area contributed by atoms with Gasteiger partial charge >= 0.3 is 0 Å². The van der Waals surface area contributed by atoms with Crippen molar-refractivity contribution >= 4 is 17.5 Å². The molecule has 1 aromatic carbocycles. The number of carbonyl (C=O) groups is 2. The van der Waals surface area contributed by atoms with Crippen LogP contribution in [-0.4, -0.2) is 24.4 Å². The lowest BCUT2D eigenvalue weighted by Crippen LogP contribution is -2.45. The molecule has 1 aromatic rings. The molecule has 0 spiro atoms. The molecule has 1 aliphatic rings. The molecule has 2 amide bonds. The fourth-order valence-corrected chi connectivity index (χ4v) is 2.66. The van der Waals surface area contributed by atoms with Crippen LogP contribution < -0.4 is 10.2 Å². The average Bonchev–Trinajstić information content (AvgIpc) is 2.51. The Kier molecular flexibility index (Phi) is 4.60. The highest BCUT2D eigenvalue weighted by molar-refractivity contribution is 6.01. The van der Waals surface area contributed by atoms with E-state index in [-0.39, 0.29) is 36.4 Å². The number of aryl methyl sites for hydroxylation is 1. The molecule has 0 saturated carbocycles. The third kappa shape index (κ3) is 3.40. The Morgan fingerprint density at radius 1 is 1.38 bits per heavy atom. The van der Waals surface area contributed by atoms with Gasteiger partial charge in [0.25, 0.3) is 0 Å². The monoisotopic (exact) mass is 292 g/mol. The van der Waals surface area contributed by atoms with Crippen LogP contribution in [0.15, 0.2) is 18.2 Å². The Labute approximate surface area is 124 Å². The van der Waals surface area contributed by atoms with Crippen LogP contribution in [0.5, 0.6) is 0 Å². The molecule has 5 heteroatoms. The van der Waals surface area contributed by atoms with Gasteiger partial charge in [0.05, 0.1) is 5.69 Å². The van der Waals surface area contributed by atoms with Crippen LogP contribution in [0.1, 0.15) is 32.3 Å². The van der Waals surface area contributed by atoms with Crippen molar-refractivity contribution in [1.82, 2.24) is 5.32 Å². The lowest BCUT2D eigenvalue weighted by atomic mass is 10.0. The Bertz CT molecular complexity index is 537. The van der Waals surface area contributed by atoms with E-state index in [9.17, 15) is 14.0 Å². The summed E-state index contributed by atoms with van der Waals surface area (Å²) in [6, 6.07) is 4.14. The lowest BCUT2D eigenvalue weighted by molar-refractivity contribution is -0.125. The summed E-state index contributed by atoms with van der Waals surface area (Å²) in [6.45, 7) is 5.95. The number of hydrogen-bond donors (Lipinski definition) is 1. The maximum Gasteiger partial charge on any atom is 0.249 e. The molecule has 0 radical (unpaired) electrons. The summed E-state index contributed by atoms with van der Waals surface area (Å²) >= 11 is 0. The zero-order chi connectivity index (χ0) is 15.6. The molecule has 1 fully saturated rings. The fraction of sp³-hybridized carbons (Fsp3) is 0.500. The summed E-state index contributed by atoms with van der Waals surface area (Å²) in [5.41, 5.74) is 0.980. The number of nitrogens with zero attached hydrogens (tertiary/aromatic N) is 1. The number of halogens is 1. The second-order valence-electron chi connectivity index (χ2n) is 5.89. The first kappa shape index (κ1) is 15.5. The van der Waals surface area contributed by atoms with Crippen LogP contribution in [0.25, 0.3) is 0 Å². The number of nitrogens with one attached hydrogen (secondary N) is 1. The van der Waals surface area contributed by atoms with E-state index in [1.54, 1.807) is 19.1 Å². The van der Waals surface area contributed by atoms with Gasteiger partial charge in [-0.05, 0) is 30.9 Å². The van der Waals surface area contributed by atoms with Crippen molar-refractivity contribution in [3.8, 4) is 0 Å². The van der Waals surface area contributed by atoms with Crippen molar-refractivity contribution in [3.05, 3.63) is 29.6 Å². The van der Waals surface area contributed by atoms with Crippen LogP contribution in [0.4, 0.5) is 10.1 Å². The first-order valence-corrected chi connectivity index (χ1v) is 7.26. The van der Waals surface area contributed by atoms with Gasteiger partial charge in [0.15, 0.2) is 0 Å². The van der Waals surface area contributed by atoms with E-state index in [2.05, 4.69) is 5.32 Å². The Morgan fingerprint density at radius 3 is 2.71 bits per heavy atom. The normalized spacial score (nSPS) is 19.7. The third-order valence-electron chi connectivity index (χ3n) is 3.63. The molecule has 1 heterocycles. The largest absolute Gasteiger partial charge is 0.344 e. The maximum atomic E-state index is 14.1. The van der Waals surface area contributed by atoms with Gasteiger partial charge in [-0.15, -0.1) is 0 Å². The van der Waals surface area contributed by atoms with Gasteiger partial charge in [0.1, 0.15) is 11.9 Å². The van der Waals surface area contributed by atoms with Crippen molar-refractivity contribution in [2.24, 2.45) is 5.92 Å². The number of anilines is 1. The second-order valence-corrected chi connectivity index (χ2v) is 5.89. The predicted molar refractivity (Wildman–Crippen MR) is 79.5 cm³/mol. The average molecular weight is 292 g/mol. The number of rotatable bonds is 3. The van der Waals surface area contributed by atoms with Crippen molar-refractivity contribution in [1.29, 1.82) is 0 Å². The summed E-state index contributed by atoms with van der Waals surface area (Å²) < 4.78 is 14.1. The lowest BCUT2D eigenvalue weighted by Gasteiger charge is -2.26. The number of hydrogen-bond acceptors (Lipinski definition) is 2. The highest BCUT2D eigenvalue weighted by Gasteiger charge is 2.32. The van der Waals surface area contributed by atoms with E-state index < -0.39 is 11.9 Å². The first-order valence-electron chi connectivity index (χ1n) is 7.26. The highest BCUT2D eigenvalue weighted by Crippen LogP contribution is 2.26. The molecule has 2 rings (SSSR count). The molecule has 114 valence electrons. The van der Waals surface area contributed by atoms with E-state index in [0.717, 1.165) is 0 Å². The van der Waals surface area contributed by atoms with E-state index in [0.29, 0.717) is 12.0 Å². The summed E-state index contributed by atoms with van der Waals surface area (Å²) in [5.74, 6) is -0.560. The zero-order valence-corrected chi connectivity index (χ0v) is 12.6. The number of benzene rings is 1. The van der Waals surface area contributed by atoms with Crippen molar-refractivity contribution in [3.63, 3.8) is 0 Å². The van der Waals surface area contributed by atoms with Gasteiger partial charge in [0, 0.05) is 13.0 Å². The topological polar surface area (TPSA) is 49.4 Å². The predicted octanol–water partition coefficient (Wildman–Crippen LogP) is 2.40. The van der Waals surface area contributed by atoms with Crippen molar-refractivity contribution in [2.75, 3.05) is 11.4 Å². The SMILES string of the molecule is Cc1cccc(F)c1N1CCC(=O)NC(CC(C)C)C1=O.